The number of nitrogens with one attached hydrogen (secondary N) is 2. The summed E-state index contributed by atoms with van der Waals surface area (Å²) in [7, 11) is 0. The van der Waals surface area contributed by atoms with E-state index in [0.29, 0.717) is 11.5 Å². The maximum atomic E-state index is 9.43. The van der Waals surface area contributed by atoms with E-state index in [9.17, 15) is 10.2 Å². The van der Waals surface area contributed by atoms with Gasteiger partial charge in [0.2, 0.25) is 0 Å². The van der Waals surface area contributed by atoms with Gasteiger partial charge in [0.05, 0.1) is 12.2 Å². The molecule has 0 saturated carbocycles. The van der Waals surface area contributed by atoms with Gasteiger partial charge < -0.3 is 20.8 Å². The molecule has 21 heavy (non-hydrogen) atoms. The molecule has 0 aliphatic carbocycles. The summed E-state index contributed by atoms with van der Waals surface area (Å²) in [6.07, 6.45) is 1.84. The van der Waals surface area contributed by atoms with Crippen LogP contribution in [0.1, 0.15) is 33.1 Å². The normalized spacial score (nSPS) is 13.5. The third-order valence-corrected chi connectivity index (χ3v) is 5.56. The van der Waals surface area contributed by atoms with E-state index in [1.54, 1.807) is 0 Å². The lowest BCUT2D eigenvalue weighted by Crippen LogP contribution is -2.27. The van der Waals surface area contributed by atoms with E-state index in [-0.39, 0.29) is 12.2 Å². The van der Waals surface area contributed by atoms with Gasteiger partial charge in [0, 0.05) is 24.6 Å². The Morgan fingerprint density at radius 2 is 1.29 bits per heavy atom. The van der Waals surface area contributed by atoms with Crippen molar-refractivity contribution in [1.29, 1.82) is 0 Å². The molecule has 0 aliphatic rings. The highest BCUT2D eigenvalue weighted by molar-refractivity contribution is 8.23. The Labute approximate surface area is 147 Å². The summed E-state index contributed by atoms with van der Waals surface area (Å²) in [5.41, 5.74) is 0. The van der Waals surface area contributed by atoms with E-state index >= 15 is 0 Å². The number of thioether (sulfide) groups is 2. The minimum Gasteiger partial charge on any atom is -0.392 e. The van der Waals surface area contributed by atoms with Gasteiger partial charge in [-0.2, -0.15) is 0 Å². The van der Waals surface area contributed by atoms with E-state index in [1.807, 2.05) is 13.8 Å². The summed E-state index contributed by atoms with van der Waals surface area (Å²) in [5, 5.41) is 25.2. The zero-order valence-corrected chi connectivity index (χ0v) is 15.9. The van der Waals surface area contributed by atoms with Crippen LogP contribution in [0.2, 0.25) is 0 Å². The first-order valence-corrected chi connectivity index (χ1v) is 9.95. The largest absolute Gasteiger partial charge is 0.392 e. The highest BCUT2D eigenvalue weighted by atomic mass is 32.2. The quantitative estimate of drug-likeness (QED) is 0.345. The van der Waals surface area contributed by atoms with Gasteiger partial charge >= 0.3 is 0 Å². The van der Waals surface area contributed by atoms with Crippen LogP contribution in [0.3, 0.4) is 0 Å². The molecule has 0 rings (SSSR count). The van der Waals surface area contributed by atoms with Gasteiger partial charge in [0.25, 0.3) is 0 Å². The van der Waals surface area contributed by atoms with Crippen molar-refractivity contribution < 1.29 is 10.2 Å². The molecule has 124 valence electrons. The molecule has 2 unspecified atom stereocenters. The van der Waals surface area contributed by atoms with Crippen molar-refractivity contribution >= 4 is 56.6 Å². The Morgan fingerprint density at radius 1 is 0.905 bits per heavy atom. The molecule has 0 aliphatic heterocycles. The second-order valence-corrected chi connectivity index (χ2v) is 7.92. The zero-order chi connectivity index (χ0) is 16.1. The minimum absolute atomic E-state index is 0.288. The average Bonchev–Trinajstić information content (AvgIpc) is 2.49. The number of aliphatic hydroxyl groups is 2. The summed E-state index contributed by atoms with van der Waals surface area (Å²) < 4.78 is 1.45. The third kappa shape index (κ3) is 13.8. The molecule has 4 nitrogen and oxygen atoms in total. The lowest BCUT2D eigenvalue weighted by Gasteiger charge is -2.11. The highest BCUT2D eigenvalue weighted by Crippen LogP contribution is 2.07. The van der Waals surface area contributed by atoms with Crippen LogP contribution in [0.4, 0.5) is 0 Å². The van der Waals surface area contributed by atoms with Gasteiger partial charge in [-0.25, -0.2) is 0 Å². The highest BCUT2D eigenvalue weighted by Gasteiger charge is 2.05. The van der Waals surface area contributed by atoms with Crippen molar-refractivity contribution in [3.05, 3.63) is 0 Å². The fourth-order valence-electron chi connectivity index (χ4n) is 1.15. The fourth-order valence-corrected chi connectivity index (χ4v) is 3.33. The van der Waals surface area contributed by atoms with E-state index < -0.39 is 0 Å². The van der Waals surface area contributed by atoms with Crippen molar-refractivity contribution in [3.63, 3.8) is 0 Å². The van der Waals surface area contributed by atoms with Crippen molar-refractivity contribution in [2.24, 2.45) is 0 Å². The second-order valence-electron chi connectivity index (χ2n) is 4.53. The first-order chi connectivity index (χ1) is 9.99. The molecule has 0 saturated heterocycles. The molecule has 0 aromatic carbocycles. The Kier molecular flexibility index (Phi) is 14.3. The smallest absolute Gasteiger partial charge is 0.133 e. The van der Waals surface area contributed by atoms with Crippen LogP contribution in [0.25, 0.3) is 0 Å². The number of aliphatic hydroxyl groups excluding tert-OH is 2. The Balaban J connectivity index is 3.46. The Morgan fingerprint density at radius 3 is 1.62 bits per heavy atom. The SMILES string of the molecule is CCC(O)CSC(=S)NCCCNC(=S)SCC(O)CC. The van der Waals surface area contributed by atoms with Gasteiger partial charge in [-0.15, -0.1) is 0 Å². The lowest BCUT2D eigenvalue weighted by molar-refractivity contribution is 0.195. The topological polar surface area (TPSA) is 64.5 Å². The Hall–Kier alpha value is 0.400. The van der Waals surface area contributed by atoms with Crippen molar-refractivity contribution in [1.82, 2.24) is 10.6 Å². The third-order valence-electron chi connectivity index (χ3n) is 2.65. The summed E-state index contributed by atoms with van der Waals surface area (Å²) >= 11 is 13.3. The second kappa shape index (κ2) is 14.0. The molecule has 0 aromatic heterocycles. The minimum atomic E-state index is -0.288. The summed E-state index contributed by atoms with van der Waals surface area (Å²) in [6, 6.07) is 0. The van der Waals surface area contributed by atoms with Gasteiger partial charge in [0.1, 0.15) is 8.64 Å². The molecule has 8 heteroatoms. The first kappa shape index (κ1) is 21.4. The molecular weight excluding hydrogens is 344 g/mol. The van der Waals surface area contributed by atoms with E-state index in [4.69, 9.17) is 24.4 Å². The summed E-state index contributed by atoms with van der Waals surface area (Å²) in [5.74, 6) is 1.28. The molecule has 0 fully saturated rings. The number of thiocarbonyl (C=S) groups is 2. The first-order valence-electron chi connectivity index (χ1n) is 7.16. The number of hydrogen-bond acceptors (Lipinski definition) is 6. The summed E-state index contributed by atoms with van der Waals surface area (Å²) in [6.45, 7) is 5.47. The van der Waals surface area contributed by atoms with E-state index in [1.165, 1.54) is 23.5 Å². The van der Waals surface area contributed by atoms with Crippen molar-refractivity contribution in [2.75, 3.05) is 24.6 Å². The van der Waals surface area contributed by atoms with Crippen molar-refractivity contribution in [3.8, 4) is 0 Å². The molecule has 0 amide bonds. The van der Waals surface area contributed by atoms with Crippen LogP contribution in [0, 0.1) is 0 Å². The molecule has 0 radical (unpaired) electrons. The summed E-state index contributed by atoms with van der Waals surface area (Å²) in [4.78, 5) is 0. The van der Waals surface area contributed by atoms with Crippen LogP contribution in [0.5, 0.6) is 0 Å². The standard InChI is InChI=1S/C13H26N2O2S4/c1-3-10(16)8-20-12(18)14-6-5-7-15-13(19)21-9-11(17)4-2/h10-11,16-17H,3-9H2,1-2H3,(H,14,18)(H,15,19). The fraction of sp³-hybridized carbons (Fsp3) is 0.846. The molecule has 0 spiro atoms. The Bertz CT molecular complexity index is 278. The van der Waals surface area contributed by atoms with Crippen LogP contribution in [-0.2, 0) is 0 Å². The maximum Gasteiger partial charge on any atom is 0.133 e. The van der Waals surface area contributed by atoms with Crippen molar-refractivity contribution in [2.45, 2.75) is 45.3 Å². The van der Waals surface area contributed by atoms with Gasteiger partial charge in [-0.1, -0.05) is 61.8 Å². The molecule has 0 aromatic rings. The van der Waals surface area contributed by atoms with E-state index in [2.05, 4.69) is 10.6 Å². The molecule has 4 N–H and O–H groups in total. The zero-order valence-electron chi connectivity index (χ0n) is 12.6. The predicted octanol–water partition coefficient (Wildman–Crippen LogP) is 2.13. The van der Waals surface area contributed by atoms with Gasteiger partial charge in [0.15, 0.2) is 0 Å². The number of rotatable bonds is 10. The van der Waals surface area contributed by atoms with Crippen LogP contribution in [-0.4, -0.2) is 55.7 Å². The van der Waals surface area contributed by atoms with Gasteiger partial charge in [-0.05, 0) is 19.3 Å². The predicted molar refractivity (Wildman–Crippen MR) is 103 cm³/mol. The molecule has 0 bridgehead atoms. The van der Waals surface area contributed by atoms with Gasteiger partial charge in [-0.3, -0.25) is 0 Å². The lowest BCUT2D eigenvalue weighted by atomic mass is 10.3. The number of hydrogen-bond donors (Lipinski definition) is 4. The van der Waals surface area contributed by atoms with Crippen LogP contribution < -0.4 is 10.6 Å². The molecule has 2 atom stereocenters. The monoisotopic (exact) mass is 370 g/mol. The molecular formula is C13H26N2O2S4. The van der Waals surface area contributed by atoms with Crippen LogP contribution in [0.15, 0.2) is 0 Å². The maximum absolute atomic E-state index is 9.43. The van der Waals surface area contributed by atoms with E-state index in [0.717, 1.165) is 41.0 Å². The van der Waals surface area contributed by atoms with Crippen LogP contribution >= 0.6 is 48.0 Å². The average molecular weight is 371 g/mol. The molecule has 0 heterocycles.